The van der Waals surface area contributed by atoms with Gasteiger partial charge >= 0.3 is 0 Å². The second-order valence-electron chi connectivity index (χ2n) is 4.74. The Morgan fingerprint density at radius 2 is 2.23 bits per heavy atom. The van der Waals surface area contributed by atoms with Crippen molar-refractivity contribution in [1.29, 1.82) is 0 Å². The lowest BCUT2D eigenvalue weighted by atomic mass is 10.2. The molecule has 118 valence electrons. The summed E-state index contributed by atoms with van der Waals surface area (Å²) in [4.78, 5) is 11.7. The van der Waals surface area contributed by atoms with Gasteiger partial charge in [0.1, 0.15) is 10.8 Å². The smallest absolute Gasteiger partial charge is 0.226 e. The van der Waals surface area contributed by atoms with E-state index in [9.17, 15) is 4.79 Å². The summed E-state index contributed by atoms with van der Waals surface area (Å²) in [5, 5.41) is 11.8. The van der Waals surface area contributed by atoms with Gasteiger partial charge in [-0.25, -0.2) is 0 Å². The summed E-state index contributed by atoms with van der Waals surface area (Å²) >= 11 is 4.86. The maximum atomic E-state index is 11.7. The van der Waals surface area contributed by atoms with Gasteiger partial charge in [0.25, 0.3) is 0 Å². The minimum Gasteiger partial charge on any atom is -0.492 e. The number of nitrogens with one attached hydrogen (secondary N) is 1. The van der Waals surface area contributed by atoms with Gasteiger partial charge in [0.05, 0.1) is 11.1 Å². The van der Waals surface area contributed by atoms with E-state index < -0.39 is 0 Å². The number of hydrogen-bond acceptors (Lipinski definition) is 5. The number of aromatic nitrogens is 2. The van der Waals surface area contributed by atoms with Crippen LogP contribution >= 0.6 is 27.3 Å². The number of rotatable bonds is 7. The van der Waals surface area contributed by atoms with Gasteiger partial charge in [-0.2, -0.15) is 0 Å². The maximum Gasteiger partial charge on any atom is 0.226 e. The largest absolute Gasteiger partial charge is 0.492 e. The second-order valence-corrected chi connectivity index (χ2v) is 6.78. The summed E-state index contributed by atoms with van der Waals surface area (Å²) in [5.74, 6) is 0.734. The summed E-state index contributed by atoms with van der Waals surface area (Å²) in [7, 11) is 0. The average molecular weight is 384 g/mol. The number of nitrogens with zero attached hydrogens (tertiary/aromatic N) is 2. The van der Waals surface area contributed by atoms with Gasteiger partial charge in [-0.3, -0.25) is 4.79 Å². The van der Waals surface area contributed by atoms with E-state index in [4.69, 9.17) is 4.74 Å². The summed E-state index contributed by atoms with van der Waals surface area (Å²) < 4.78 is 6.63. The Hall–Kier alpha value is -1.47. The van der Waals surface area contributed by atoms with Crippen LogP contribution < -0.4 is 10.1 Å². The first-order valence-corrected chi connectivity index (χ1v) is 8.70. The predicted molar refractivity (Wildman–Crippen MR) is 91.5 cm³/mol. The van der Waals surface area contributed by atoms with E-state index in [0.29, 0.717) is 24.6 Å². The van der Waals surface area contributed by atoms with Crippen LogP contribution in [0.1, 0.15) is 30.3 Å². The number of amides is 1. The van der Waals surface area contributed by atoms with Crippen LogP contribution in [0.15, 0.2) is 22.7 Å². The zero-order chi connectivity index (χ0) is 15.9. The van der Waals surface area contributed by atoms with Crippen LogP contribution in [0.3, 0.4) is 0 Å². The minimum atomic E-state index is -0.0693. The molecule has 0 saturated heterocycles. The summed E-state index contributed by atoms with van der Waals surface area (Å²) in [6, 6.07) is 6.05. The third-order valence-electron chi connectivity index (χ3n) is 2.98. The second kappa shape index (κ2) is 8.24. The monoisotopic (exact) mass is 383 g/mol. The molecule has 0 radical (unpaired) electrons. The van der Waals surface area contributed by atoms with Gasteiger partial charge in [-0.15, -0.1) is 10.2 Å². The average Bonchev–Trinajstić information content (AvgIpc) is 2.89. The van der Waals surface area contributed by atoms with Crippen LogP contribution in [0, 0.1) is 6.92 Å². The normalized spacial score (nSPS) is 10.5. The van der Waals surface area contributed by atoms with Crippen molar-refractivity contribution in [2.75, 3.05) is 11.9 Å². The van der Waals surface area contributed by atoms with E-state index >= 15 is 0 Å². The van der Waals surface area contributed by atoms with Crippen LogP contribution in [-0.2, 0) is 11.2 Å². The highest BCUT2D eigenvalue weighted by atomic mass is 79.9. The number of benzene rings is 1. The number of carbonyl (C=O) groups is 1. The van der Waals surface area contributed by atoms with Gasteiger partial charge in [-0.1, -0.05) is 24.3 Å². The Morgan fingerprint density at radius 3 is 2.86 bits per heavy atom. The molecule has 1 aromatic carbocycles. The lowest BCUT2D eigenvalue weighted by Gasteiger charge is -2.09. The molecule has 0 fully saturated rings. The van der Waals surface area contributed by atoms with Crippen molar-refractivity contribution in [2.45, 2.75) is 33.1 Å². The first-order valence-electron chi connectivity index (χ1n) is 7.09. The summed E-state index contributed by atoms with van der Waals surface area (Å²) in [6.45, 7) is 4.45. The van der Waals surface area contributed by atoms with Gasteiger partial charge < -0.3 is 10.1 Å². The molecular formula is C15H18BrN3O2S. The molecular weight excluding hydrogens is 366 g/mol. The minimum absolute atomic E-state index is 0.0693. The molecule has 5 nitrogen and oxygen atoms in total. The molecule has 2 aromatic rings. The number of anilines is 1. The zero-order valence-electron chi connectivity index (χ0n) is 12.6. The van der Waals surface area contributed by atoms with E-state index in [1.54, 1.807) is 0 Å². The van der Waals surface area contributed by atoms with Crippen molar-refractivity contribution >= 4 is 38.3 Å². The van der Waals surface area contributed by atoms with Gasteiger partial charge in [0.15, 0.2) is 0 Å². The van der Waals surface area contributed by atoms with E-state index in [-0.39, 0.29) is 5.91 Å². The van der Waals surface area contributed by atoms with Crippen LogP contribution in [-0.4, -0.2) is 22.7 Å². The van der Waals surface area contributed by atoms with Crippen LogP contribution in [0.2, 0.25) is 0 Å². The highest BCUT2D eigenvalue weighted by molar-refractivity contribution is 9.10. The molecule has 0 aliphatic heterocycles. The molecule has 1 N–H and O–H groups in total. The molecule has 1 aromatic heterocycles. The molecule has 0 bridgehead atoms. The number of ether oxygens (including phenoxy) is 1. The predicted octanol–water partition coefficient (Wildman–Crippen LogP) is 3.97. The van der Waals surface area contributed by atoms with E-state index in [0.717, 1.165) is 21.7 Å². The molecule has 0 atom stereocenters. The lowest BCUT2D eigenvalue weighted by Crippen LogP contribution is -2.12. The maximum absolute atomic E-state index is 11.7. The van der Waals surface area contributed by atoms with Crippen molar-refractivity contribution in [3.8, 4) is 5.75 Å². The third-order valence-corrected chi connectivity index (χ3v) is 4.36. The number of carbonyl (C=O) groups excluding carboxylic acids is 1. The third kappa shape index (κ3) is 5.06. The van der Waals surface area contributed by atoms with Crippen molar-refractivity contribution in [2.24, 2.45) is 0 Å². The summed E-state index contributed by atoms with van der Waals surface area (Å²) in [6.07, 6.45) is 2.03. The molecule has 0 aliphatic rings. The van der Waals surface area contributed by atoms with E-state index in [2.05, 4.69) is 44.4 Å². The number of aryl methyl sites for hydroxylation is 2. The highest BCUT2D eigenvalue weighted by Gasteiger charge is 2.07. The number of halogens is 1. The fraction of sp³-hybridized carbons (Fsp3) is 0.400. The van der Waals surface area contributed by atoms with Crippen LogP contribution in [0.4, 0.5) is 5.13 Å². The fourth-order valence-electron chi connectivity index (χ4n) is 1.83. The van der Waals surface area contributed by atoms with E-state index in [1.807, 2.05) is 19.1 Å². The first-order chi connectivity index (χ1) is 10.6. The molecule has 0 unspecified atom stereocenters. The van der Waals surface area contributed by atoms with Gasteiger partial charge in [0.2, 0.25) is 11.0 Å². The highest BCUT2D eigenvalue weighted by Crippen LogP contribution is 2.26. The molecule has 1 amide bonds. The topological polar surface area (TPSA) is 64.1 Å². The molecule has 22 heavy (non-hydrogen) atoms. The molecule has 7 heteroatoms. The molecule has 2 rings (SSSR count). The first kappa shape index (κ1) is 16.9. The summed E-state index contributed by atoms with van der Waals surface area (Å²) in [5.41, 5.74) is 1.26. The zero-order valence-corrected chi connectivity index (χ0v) is 15.0. The van der Waals surface area contributed by atoms with Gasteiger partial charge in [0, 0.05) is 6.42 Å². The van der Waals surface area contributed by atoms with Crippen LogP contribution in [0.5, 0.6) is 5.75 Å². The van der Waals surface area contributed by atoms with Crippen molar-refractivity contribution in [3.63, 3.8) is 0 Å². The Labute approximate surface area is 142 Å². The van der Waals surface area contributed by atoms with Crippen molar-refractivity contribution in [1.82, 2.24) is 10.2 Å². The quantitative estimate of drug-likeness (QED) is 0.734. The SMILES string of the molecule is CCc1ccc(OCCCC(=O)Nc2nnc(C)s2)c(Br)c1. The fourth-order valence-corrected chi connectivity index (χ4v) is 2.97. The Kier molecular flexibility index (Phi) is 6.33. The molecule has 0 aliphatic carbocycles. The Balaban J connectivity index is 1.71. The Morgan fingerprint density at radius 1 is 1.41 bits per heavy atom. The van der Waals surface area contributed by atoms with Crippen molar-refractivity contribution < 1.29 is 9.53 Å². The molecule has 0 saturated carbocycles. The standard InChI is InChI=1S/C15H18BrN3O2S/c1-3-11-6-7-13(12(16)9-11)21-8-4-5-14(20)17-15-19-18-10(2)22-15/h6-7,9H,3-5,8H2,1-2H3,(H,17,19,20). The molecule has 1 heterocycles. The Bertz CT molecular complexity index is 645. The number of hydrogen-bond donors (Lipinski definition) is 1. The van der Waals surface area contributed by atoms with Crippen LogP contribution in [0.25, 0.3) is 0 Å². The lowest BCUT2D eigenvalue weighted by molar-refractivity contribution is -0.116. The molecule has 0 spiro atoms. The van der Waals surface area contributed by atoms with E-state index in [1.165, 1.54) is 16.9 Å². The van der Waals surface area contributed by atoms with Gasteiger partial charge in [-0.05, 0) is 53.4 Å². The van der Waals surface area contributed by atoms with Crippen molar-refractivity contribution in [3.05, 3.63) is 33.2 Å².